The Kier molecular flexibility index (Phi) is 11.3. The molecule has 0 aliphatic carbocycles. The van der Waals surface area contributed by atoms with Crippen LogP contribution in [-0.2, 0) is 31.3 Å². The Balaban J connectivity index is 1.21. The summed E-state index contributed by atoms with van der Waals surface area (Å²) >= 11 is 0. The number of hydrogen-bond acceptors (Lipinski definition) is 8. The van der Waals surface area contributed by atoms with Gasteiger partial charge in [0.15, 0.2) is 5.60 Å². The van der Waals surface area contributed by atoms with E-state index in [0.717, 1.165) is 57.2 Å². The van der Waals surface area contributed by atoms with Gasteiger partial charge in [0.05, 0.1) is 36.7 Å². The summed E-state index contributed by atoms with van der Waals surface area (Å²) in [6.07, 6.45) is 8.63. The van der Waals surface area contributed by atoms with Crippen molar-refractivity contribution in [2.75, 3.05) is 54.9 Å². The van der Waals surface area contributed by atoms with Crippen LogP contribution in [0.4, 0.5) is 17.1 Å². The predicted octanol–water partition coefficient (Wildman–Crippen LogP) is 2.86. The Hall–Kier alpha value is -4.10. The Morgan fingerprint density at radius 3 is 2.20 bits per heavy atom. The summed E-state index contributed by atoms with van der Waals surface area (Å²) in [7, 11) is 0. The van der Waals surface area contributed by atoms with Gasteiger partial charge >= 0.3 is 0 Å². The van der Waals surface area contributed by atoms with Gasteiger partial charge in [0.25, 0.3) is 5.91 Å². The molecule has 4 amide bonds. The van der Waals surface area contributed by atoms with E-state index in [-0.39, 0.29) is 55.2 Å². The summed E-state index contributed by atoms with van der Waals surface area (Å²) < 4.78 is 0. The van der Waals surface area contributed by atoms with Gasteiger partial charge in [-0.2, -0.15) is 0 Å². The fraction of sp³-hybridized carbons (Fsp3) is 0.526. The smallest absolute Gasteiger partial charge is 0.264 e. The monoisotopic (exact) mass is 686 g/mol. The van der Waals surface area contributed by atoms with Crippen molar-refractivity contribution in [1.29, 1.82) is 0 Å². The first-order valence-electron chi connectivity index (χ1n) is 18.1. The van der Waals surface area contributed by atoms with Gasteiger partial charge in [-0.1, -0.05) is 31.2 Å². The molecular weight excluding hydrogens is 636 g/mol. The van der Waals surface area contributed by atoms with E-state index in [2.05, 4.69) is 21.3 Å². The molecular formula is C38H50N6O6. The highest BCUT2D eigenvalue weighted by Crippen LogP contribution is 2.47. The fourth-order valence-corrected chi connectivity index (χ4v) is 7.68. The maximum atomic E-state index is 14.3. The van der Waals surface area contributed by atoms with Gasteiger partial charge in [-0.3, -0.25) is 19.2 Å². The van der Waals surface area contributed by atoms with Crippen molar-refractivity contribution in [2.45, 2.75) is 70.1 Å². The summed E-state index contributed by atoms with van der Waals surface area (Å²) in [5.74, 6) is -1.67. The predicted molar refractivity (Wildman–Crippen MR) is 191 cm³/mol. The molecule has 6 rings (SSSR count). The Morgan fingerprint density at radius 2 is 1.58 bits per heavy atom. The molecule has 2 aromatic carbocycles. The SMILES string of the molecule is C[C@@H](/C=C/CC(=O)N1CCC[C@H]1CO)[C@]1(O)C(=O)N(Cc2ccc(NC(=O)C3CCCNC3)cc2)c2ccc(NC(=O)C3CCCNC3)cc21. The van der Waals surface area contributed by atoms with Crippen LogP contribution >= 0.6 is 0 Å². The van der Waals surface area contributed by atoms with E-state index in [0.29, 0.717) is 42.3 Å². The lowest BCUT2D eigenvalue weighted by Crippen LogP contribution is -2.44. The Bertz CT molecular complexity index is 1580. The largest absolute Gasteiger partial charge is 0.394 e. The first-order chi connectivity index (χ1) is 24.2. The minimum absolute atomic E-state index is 0.0151. The van der Waals surface area contributed by atoms with E-state index in [4.69, 9.17) is 0 Å². The number of benzene rings is 2. The number of piperidine rings is 2. The number of amides is 4. The quantitative estimate of drug-likeness (QED) is 0.197. The van der Waals surface area contributed by atoms with Crippen molar-refractivity contribution in [1.82, 2.24) is 15.5 Å². The zero-order valence-electron chi connectivity index (χ0n) is 28.8. The average molecular weight is 687 g/mol. The van der Waals surface area contributed by atoms with Crippen LogP contribution in [-0.4, -0.2) is 84.1 Å². The molecule has 4 aliphatic rings. The average Bonchev–Trinajstić information content (AvgIpc) is 3.71. The third-order valence-electron chi connectivity index (χ3n) is 10.7. The van der Waals surface area contributed by atoms with Crippen LogP contribution < -0.4 is 26.2 Å². The highest BCUT2D eigenvalue weighted by molar-refractivity contribution is 6.08. The highest BCUT2D eigenvalue weighted by atomic mass is 16.3. The van der Waals surface area contributed by atoms with Crippen LogP contribution in [0.2, 0.25) is 0 Å². The lowest BCUT2D eigenvalue weighted by atomic mass is 9.82. The second-order valence-electron chi connectivity index (χ2n) is 14.1. The van der Waals surface area contributed by atoms with Crippen LogP contribution in [0.15, 0.2) is 54.6 Å². The molecule has 3 saturated heterocycles. The molecule has 0 aromatic heterocycles. The zero-order chi connectivity index (χ0) is 35.3. The topological polar surface area (TPSA) is 163 Å². The molecule has 4 heterocycles. The van der Waals surface area contributed by atoms with E-state index >= 15 is 0 Å². The minimum Gasteiger partial charge on any atom is -0.394 e. The van der Waals surface area contributed by atoms with Crippen molar-refractivity contribution in [2.24, 2.45) is 17.8 Å². The van der Waals surface area contributed by atoms with E-state index < -0.39 is 17.4 Å². The van der Waals surface area contributed by atoms with E-state index in [1.54, 1.807) is 47.1 Å². The van der Waals surface area contributed by atoms with Crippen molar-refractivity contribution >= 4 is 40.7 Å². The highest BCUT2D eigenvalue weighted by Gasteiger charge is 2.52. The maximum absolute atomic E-state index is 14.3. The number of aliphatic hydroxyl groups is 2. The standard InChI is InChI=1S/C38H50N6O6/c1-25(6-2-10-34(46)43-19-5-9-31(43)24-45)38(50)32-20-30(42-36(48)28-8-4-18-40-22-28)15-16-33(32)44(37(38)49)23-26-11-13-29(14-12-26)41-35(47)27-7-3-17-39-21-27/h2,6,11-16,20,25,27-28,31,39-40,45,50H,3-5,7-10,17-19,21-24H2,1H3,(H,41,47)(H,42,48)/b6-2+/t25-,27?,28?,31-,38+/m0/s1. The number of anilines is 3. The number of aliphatic hydroxyl groups excluding tert-OH is 1. The third-order valence-corrected chi connectivity index (χ3v) is 10.7. The second-order valence-corrected chi connectivity index (χ2v) is 14.1. The Morgan fingerprint density at radius 1 is 0.940 bits per heavy atom. The number of carbonyl (C=O) groups is 4. The van der Waals surface area contributed by atoms with Gasteiger partial charge in [-0.05, 0) is 87.5 Å². The summed E-state index contributed by atoms with van der Waals surface area (Å²) in [5, 5.41) is 34.5. The molecule has 5 atom stereocenters. The van der Waals surface area contributed by atoms with Crippen LogP contribution in [0.25, 0.3) is 0 Å². The number of nitrogens with zero attached hydrogens (tertiary/aromatic N) is 2. The molecule has 2 aromatic rings. The lowest BCUT2D eigenvalue weighted by Gasteiger charge is -2.28. The van der Waals surface area contributed by atoms with Crippen molar-refractivity contribution in [3.63, 3.8) is 0 Å². The Labute approximate surface area is 293 Å². The van der Waals surface area contributed by atoms with Gasteiger partial charge in [0.2, 0.25) is 17.7 Å². The molecule has 268 valence electrons. The lowest BCUT2D eigenvalue weighted by molar-refractivity contribution is -0.139. The number of likely N-dealkylation sites (tertiary alicyclic amines) is 1. The molecule has 3 fully saturated rings. The summed E-state index contributed by atoms with van der Waals surface area (Å²) in [5.41, 5.74) is 0.953. The number of fused-ring (bicyclic) bond motifs is 1. The second kappa shape index (κ2) is 15.8. The van der Waals surface area contributed by atoms with Gasteiger partial charge in [-0.25, -0.2) is 0 Å². The summed E-state index contributed by atoms with van der Waals surface area (Å²) in [6, 6.07) is 12.4. The number of rotatable bonds is 11. The van der Waals surface area contributed by atoms with Crippen molar-refractivity contribution in [3.8, 4) is 0 Å². The molecule has 12 nitrogen and oxygen atoms in total. The minimum atomic E-state index is -1.95. The van der Waals surface area contributed by atoms with E-state index in [1.807, 2.05) is 24.3 Å². The normalized spacial score (nSPS) is 25.8. The van der Waals surface area contributed by atoms with Gasteiger partial charge < -0.3 is 41.3 Å². The fourth-order valence-electron chi connectivity index (χ4n) is 7.68. The molecule has 12 heteroatoms. The van der Waals surface area contributed by atoms with Gasteiger partial charge in [0.1, 0.15) is 0 Å². The maximum Gasteiger partial charge on any atom is 0.264 e. The van der Waals surface area contributed by atoms with Crippen LogP contribution in [0.3, 0.4) is 0 Å². The molecule has 0 bridgehead atoms. The molecule has 50 heavy (non-hydrogen) atoms. The molecule has 2 unspecified atom stereocenters. The molecule has 0 radical (unpaired) electrons. The number of carbonyl (C=O) groups excluding carboxylic acids is 4. The van der Waals surface area contributed by atoms with Crippen molar-refractivity contribution in [3.05, 3.63) is 65.7 Å². The first-order valence-corrected chi connectivity index (χ1v) is 18.1. The van der Waals surface area contributed by atoms with Gasteiger partial charge in [0, 0.05) is 48.9 Å². The molecule has 0 saturated carbocycles. The van der Waals surface area contributed by atoms with E-state index in [9.17, 15) is 29.4 Å². The number of nitrogens with one attached hydrogen (secondary N) is 4. The summed E-state index contributed by atoms with van der Waals surface area (Å²) in [4.78, 5) is 56.3. The van der Waals surface area contributed by atoms with Crippen LogP contribution in [0.1, 0.15) is 63.0 Å². The van der Waals surface area contributed by atoms with Gasteiger partial charge in [-0.15, -0.1) is 0 Å². The molecule has 4 aliphatic heterocycles. The molecule has 0 spiro atoms. The molecule has 6 N–H and O–H groups in total. The van der Waals surface area contributed by atoms with Crippen LogP contribution in [0, 0.1) is 17.8 Å². The van der Waals surface area contributed by atoms with E-state index in [1.165, 1.54) is 0 Å². The summed E-state index contributed by atoms with van der Waals surface area (Å²) in [6.45, 7) is 5.55. The first kappa shape index (κ1) is 35.7. The van der Waals surface area contributed by atoms with Crippen LogP contribution in [0.5, 0.6) is 0 Å². The number of hydrogen-bond donors (Lipinski definition) is 6. The zero-order valence-corrected chi connectivity index (χ0v) is 28.8. The van der Waals surface area contributed by atoms with Crippen molar-refractivity contribution < 1.29 is 29.4 Å². The third kappa shape index (κ3) is 7.63.